The van der Waals surface area contributed by atoms with Crippen LogP contribution in [0.3, 0.4) is 0 Å². The second-order valence-corrected chi connectivity index (χ2v) is 13.5. The molecule has 6 rings (SSSR count). The monoisotopic (exact) mass is 658 g/mol. The molecule has 0 bridgehead atoms. The first-order valence-electron chi connectivity index (χ1n) is 14.5. The highest BCUT2D eigenvalue weighted by Gasteiger charge is 2.31. The molecule has 1 amide bonds. The van der Waals surface area contributed by atoms with Crippen molar-refractivity contribution in [3.05, 3.63) is 84.3 Å². The minimum absolute atomic E-state index is 0.172. The Morgan fingerprint density at radius 1 is 1.02 bits per heavy atom. The molecule has 3 heterocycles. The standard InChI is InChI=1S/C34H31FN4O7S/c1-34(2,41)18-39(47(5,42)43)25-17-28-23(29(32(40)36-3)30(45-28)19-8-11-21(35)12-9-19)16-22(25)20-10-13-26(44-4)24(15-20)33-38-31-27(46-33)7-6-14-37-31/h6-17,41H,18H2,1-5H3,(H,36,40). The number of hydrogen-bond donors (Lipinski definition) is 2. The fourth-order valence-electron chi connectivity index (χ4n) is 5.38. The Labute approximate surface area is 269 Å². The van der Waals surface area contributed by atoms with Gasteiger partial charge in [-0.1, -0.05) is 6.07 Å². The quantitative estimate of drug-likeness (QED) is 0.190. The summed E-state index contributed by atoms with van der Waals surface area (Å²) in [6, 6.07) is 17.3. The molecule has 3 aromatic carbocycles. The van der Waals surface area contributed by atoms with Gasteiger partial charge in [-0.15, -0.1) is 0 Å². The number of amides is 1. The van der Waals surface area contributed by atoms with Crippen LogP contribution in [0.15, 0.2) is 81.8 Å². The van der Waals surface area contributed by atoms with Crippen LogP contribution in [0, 0.1) is 5.82 Å². The highest BCUT2D eigenvalue weighted by atomic mass is 32.2. The molecule has 47 heavy (non-hydrogen) atoms. The van der Waals surface area contributed by atoms with Crippen molar-refractivity contribution in [2.45, 2.75) is 19.4 Å². The van der Waals surface area contributed by atoms with Gasteiger partial charge in [-0.3, -0.25) is 9.10 Å². The molecule has 3 aromatic heterocycles. The number of methoxy groups -OCH3 is 1. The summed E-state index contributed by atoms with van der Waals surface area (Å²) < 4.78 is 59.4. The van der Waals surface area contributed by atoms with E-state index in [1.54, 1.807) is 42.6 Å². The number of benzene rings is 3. The summed E-state index contributed by atoms with van der Waals surface area (Å²) in [6.07, 6.45) is 2.64. The van der Waals surface area contributed by atoms with Gasteiger partial charge in [-0.2, -0.15) is 4.98 Å². The summed E-state index contributed by atoms with van der Waals surface area (Å²) in [6.45, 7) is 2.71. The summed E-state index contributed by atoms with van der Waals surface area (Å²) in [4.78, 5) is 22.1. The number of nitrogens with one attached hydrogen (secondary N) is 1. The summed E-state index contributed by atoms with van der Waals surface area (Å²) in [5.74, 6) is -0.0916. The molecular weight excluding hydrogens is 627 g/mol. The van der Waals surface area contributed by atoms with Crippen molar-refractivity contribution in [3.8, 4) is 39.7 Å². The Balaban J connectivity index is 1.67. The van der Waals surface area contributed by atoms with E-state index in [-0.39, 0.29) is 35.0 Å². The Kier molecular flexibility index (Phi) is 7.98. The number of hydrogen-bond acceptors (Lipinski definition) is 9. The number of pyridine rings is 1. The van der Waals surface area contributed by atoms with Crippen LogP contribution in [0.5, 0.6) is 5.75 Å². The first kappa shape index (κ1) is 31.7. The van der Waals surface area contributed by atoms with E-state index in [1.807, 2.05) is 0 Å². The van der Waals surface area contributed by atoms with Gasteiger partial charge in [0.25, 0.3) is 5.91 Å². The van der Waals surface area contributed by atoms with Crippen LogP contribution in [0.25, 0.3) is 56.1 Å². The number of anilines is 1. The summed E-state index contributed by atoms with van der Waals surface area (Å²) >= 11 is 0. The van der Waals surface area contributed by atoms with E-state index in [0.717, 1.165) is 10.6 Å². The zero-order valence-corrected chi connectivity index (χ0v) is 27.0. The maximum Gasteiger partial charge on any atom is 0.255 e. The molecule has 0 radical (unpaired) electrons. The molecule has 0 aliphatic carbocycles. The fourth-order valence-corrected chi connectivity index (χ4v) is 6.44. The number of aromatic nitrogens is 2. The number of oxazole rings is 1. The third-order valence-corrected chi connectivity index (χ3v) is 8.60. The lowest BCUT2D eigenvalue weighted by atomic mass is 9.96. The van der Waals surface area contributed by atoms with Gasteiger partial charge in [0.2, 0.25) is 15.9 Å². The number of ether oxygens (including phenoxy) is 1. The van der Waals surface area contributed by atoms with Gasteiger partial charge in [0.1, 0.15) is 22.9 Å². The van der Waals surface area contributed by atoms with E-state index in [9.17, 15) is 22.7 Å². The number of fused-ring (bicyclic) bond motifs is 2. The molecule has 0 unspecified atom stereocenters. The van der Waals surface area contributed by atoms with Crippen molar-refractivity contribution in [1.29, 1.82) is 0 Å². The second kappa shape index (κ2) is 11.8. The van der Waals surface area contributed by atoms with Crippen LogP contribution in [0.1, 0.15) is 24.2 Å². The average molecular weight is 659 g/mol. The van der Waals surface area contributed by atoms with E-state index in [2.05, 4.69) is 15.3 Å². The molecule has 0 fully saturated rings. The maximum absolute atomic E-state index is 13.8. The second-order valence-electron chi connectivity index (χ2n) is 11.6. The predicted molar refractivity (Wildman–Crippen MR) is 176 cm³/mol. The van der Waals surface area contributed by atoms with Gasteiger partial charge in [0, 0.05) is 35.8 Å². The molecule has 0 aliphatic heterocycles. The topological polar surface area (TPSA) is 148 Å². The number of aliphatic hydroxyl groups is 1. The molecule has 6 aromatic rings. The Bertz CT molecular complexity index is 2220. The number of carbonyl (C=O) groups excluding carboxylic acids is 1. The van der Waals surface area contributed by atoms with Crippen LogP contribution < -0.4 is 14.4 Å². The van der Waals surface area contributed by atoms with Crippen molar-refractivity contribution in [2.24, 2.45) is 0 Å². The SMILES string of the molecule is CNC(=O)c1c(-c2ccc(F)cc2)oc2cc(N(CC(C)(C)O)S(C)(=O)=O)c(-c3ccc(OC)c(-c4nc5ncccc5o4)c3)cc12. The number of rotatable bonds is 9. The average Bonchev–Trinajstić information content (AvgIpc) is 3.63. The molecule has 2 N–H and O–H groups in total. The van der Waals surface area contributed by atoms with E-state index in [1.165, 1.54) is 58.3 Å². The fraction of sp³-hybridized carbons (Fsp3) is 0.206. The third kappa shape index (κ3) is 6.14. The summed E-state index contributed by atoms with van der Waals surface area (Å²) in [5.41, 5.74) is 1.80. The largest absolute Gasteiger partial charge is 0.496 e. The van der Waals surface area contributed by atoms with Gasteiger partial charge in [0.15, 0.2) is 11.2 Å². The Morgan fingerprint density at radius 2 is 1.74 bits per heavy atom. The smallest absolute Gasteiger partial charge is 0.255 e. The van der Waals surface area contributed by atoms with Crippen LogP contribution in [-0.4, -0.2) is 62.0 Å². The van der Waals surface area contributed by atoms with Crippen molar-refractivity contribution in [1.82, 2.24) is 15.3 Å². The molecule has 0 saturated heterocycles. The van der Waals surface area contributed by atoms with Gasteiger partial charge < -0.3 is 24.0 Å². The van der Waals surface area contributed by atoms with Crippen LogP contribution in [0.4, 0.5) is 10.1 Å². The zero-order chi connectivity index (χ0) is 33.7. The lowest BCUT2D eigenvalue weighted by Gasteiger charge is -2.30. The van der Waals surface area contributed by atoms with Gasteiger partial charge >= 0.3 is 0 Å². The molecule has 11 nitrogen and oxygen atoms in total. The third-order valence-electron chi connectivity index (χ3n) is 7.47. The van der Waals surface area contributed by atoms with Gasteiger partial charge in [-0.25, -0.2) is 17.8 Å². The number of furan rings is 1. The Morgan fingerprint density at radius 3 is 2.38 bits per heavy atom. The van der Waals surface area contributed by atoms with E-state index >= 15 is 0 Å². The molecule has 242 valence electrons. The molecule has 0 saturated carbocycles. The zero-order valence-electron chi connectivity index (χ0n) is 26.2. The minimum atomic E-state index is -3.98. The molecular formula is C34H31FN4O7S. The highest BCUT2D eigenvalue weighted by Crippen LogP contribution is 2.44. The van der Waals surface area contributed by atoms with E-state index in [0.29, 0.717) is 44.6 Å². The number of sulfonamides is 1. The molecule has 0 spiro atoms. The van der Waals surface area contributed by atoms with Crippen LogP contribution in [-0.2, 0) is 10.0 Å². The number of carbonyl (C=O) groups is 1. The molecule has 0 atom stereocenters. The van der Waals surface area contributed by atoms with Crippen LogP contribution in [0.2, 0.25) is 0 Å². The van der Waals surface area contributed by atoms with Crippen molar-refractivity contribution in [2.75, 3.05) is 31.3 Å². The summed E-state index contributed by atoms with van der Waals surface area (Å²) in [7, 11) is -0.997. The van der Waals surface area contributed by atoms with E-state index in [4.69, 9.17) is 13.6 Å². The normalized spacial score (nSPS) is 12.1. The van der Waals surface area contributed by atoms with Gasteiger partial charge in [-0.05, 0) is 74.0 Å². The first-order valence-corrected chi connectivity index (χ1v) is 16.3. The number of halogens is 1. The Hall–Kier alpha value is -5.27. The minimum Gasteiger partial charge on any atom is -0.496 e. The van der Waals surface area contributed by atoms with Gasteiger partial charge in [0.05, 0.1) is 42.3 Å². The van der Waals surface area contributed by atoms with Crippen molar-refractivity contribution < 1.29 is 36.3 Å². The van der Waals surface area contributed by atoms with Crippen molar-refractivity contribution in [3.63, 3.8) is 0 Å². The molecule has 13 heteroatoms. The van der Waals surface area contributed by atoms with Crippen LogP contribution >= 0.6 is 0 Å². The van der Waals surface area contributed by atoms with E-state index < -0.39 is 27.3 Å². The first-order chi connectivity index (χ1) is 22.3. The summed E-state index contributed by atoms with van der Waals surface area (Å²) in [5, 5.41) is 13.8. The number of nitrogens with zero attached hydrogens (tertiary/aromatic N) is 3. The lowest BCUT2D eigenvalue weighted by Crippen LogP contribution is -2.42. The lowest BCUT2D eigenvalue weighted by molar-refractivity contribution is 0.0909. The predicted octanol–water partition coefficient (Wildman–Crippen LogP) is 6.01. The highest BCUT2D eigenvalue weighted by molar-refractivity contribution is 7.92. The maximum atomic E-state index is 13.8. The van der Waals surface area contributed by atoms with Crippen molar-refractivity contribution >= 4 is 43.8 Å². The molecule has 0 aliphatic rings.